The smallest absolute Gasteiger partial charge is 0.153 e. The molecule has 0 aromatic carbocycles. The second-order valence-electron chi connectivity index (χ2n) is 2.22. The summed E-state index contributed by atoms with van der Waals surface area (Å²) >= 11 is 1.70. The van der Waals surface area contributed by atoms with E-state index in [0.29, 0.717) is 0 Å². The Bertz CT molecular complexity index is 311. The summed E-state index contributed by atoms with van der Waals surface area (Å²) in [5.74, 6) is 0.781. The normalized spacial score (nSPS) is 11.0. The van der Waals surface area contributed by atoms with Gasteiger partial charge in [-0.2, -0.15) is 0 Å². The molecule has 2 heterocycles. The molecule has 0 saturated carbocycles. The zero-order valence-electron chi connectivity index (χ0n) is 6.27. The molecule has 4 heteroatoms. The lowest BCUT2D eigenvalue weighted by Gasteiger charge is -1.81. The number of H-pyrrole nitrogens is 1. The molecule has 60 valence electrons. The van der Waals surface area contributed by atoms with Crippen molar-refractivity contribution in [3.8, 4) is 0 Å². The van der Waals surface area contributed by atoms with Crippen LogP contribution in [0, 0.1) is 0 Å². The monoisotopic (exact) mass is 177 g/mol. The van der Waals surface area contributed by atoms with Crippen molar-refractivity contribution in [2.24, 2.45) is 0 Å². The second-order valence-corrected chi connectivity index (χ2v) is 3.20. The summed E-state index contributed by atoms with van der Waals surface area (Å²) in [5.41, 5.74) is 0. The average Bonchev–Trinajstić information content (AvgIpc) is 2.74. The molecule has 0 radical (unpaired) electrons. The van der Waals surface area contributed by atoms with Gasteiger partial charge in [0.1, 0.15) is 6.33 Å². The van der Waals surface area contributed by atoms with Gasteiger partial charge >= 0.3 is 0 Å². The number of rotatable bonds is 2. The van der Waals surface area contributed by atoms with E-state index < -0.39 is 0 Å². The van der Waals surface area contributed by atoms with Crippen molar-refractivity contribution in [2.75, 3.05) is 0 Å². The molecule has 0 saturated heterocycles. The molecule has 3 nitrogen and oxygen atoms in total. The fourth-order valence-electron chi connectivity index (χ4n) is 0.844. The first-order valence-electron chi connectivity index (χ1n) is 3.53. The minimum absolute atomic E-state index is 0.781. The Balaban J connectivity index is 2.14. The number of hydrogen-bond donors (Lipinski definition) is 1. The lowest BCUT2D eigenvalue weighted by molar-refractivity contribution is 1.08. The summed E-state index contributed by atoms with van der Waals surface area (Å²) in [5, 5.41) is 9.54. The Labute approximate surface area is 73.8 Å². The molecule has 2 rings (SSSR count). The summed E-state index contributed by atoms with van der Waals surface area (Å²) in [6.45, 7) is 0. The number of aromatic amines is 1. The van der Waals surface area contributed by atoms with Crippen molar-refractivity contribution in [2.45, 2.75) is 0 Å². The van der Waals surface area contributed by atoms with Crippen molar-refractivity contribution < 1.29 is 0 Å². The highest BCUT2D eigenvalue weighted by Crippen LogP contribution is 2.11. The van der Waals surface area contributed by atoms with E-state index in [2.05, 4.69) is 21.2 Å². The topological polar surface area (TPSA) is 41.6 Å². The van der Waals surface area contributed by atoms with E-state index >= 15 is 0 Å². The molecule has 0 spiro atoms. The van der Waals surface area contributed by atoms with Crippen LogP contribution >= 0.6 is 11.3 Å². The molecule has 2 aromatic rings. The molecule has 0 aliphatic heterocycles. The van der Waals surface area contributed by atoms with Gasteiger partial charge in [0.05, 0.1) is 0 Å². The third-order valence-corrected chi connectivity index (χ3v) is 2.22. The van der Waals surface area contributed by atoms with Crippen molar-refractivity contribution in [1.82, 2.24) is 15.2 Å². The minimum Gasteiger partial charge on any atom is -0.328 e. The Kier molecular flexibility index (Phi) is 2.00. The molecule has 1 N–H and O–H groups in total. The third-order valence-electron chi connectivity index (χ3n) is 1.38. The Hall–Kier alpha value is -1.42. The third kappa shape index (κ3) is 1.60. The van der Waals surface area contributed by atoms with Crippen LogP contribution in [0.3, 0.4) is 0 Å². The maximum atomic E-state index is 3.83. The van der Waals surface area contributed by atoms with Crippen LogP contribution in [0.1, 0.15) is 10.7 Å². The second kappa shape index (κ2) is 3.32. The van der Waals surface area contributed by atoms with Crippen LogP contribution in [-0.4, -0.2) is 15.2 Å². The highest BCUT2D eigenvalue weighted by molar-refractivity contribution is 7.10. The summed E-state index contributed by atoms with van der Waals surface area (Å²) < 4.78 is 0. The van der Waals surface area contributed by atoms with Crippen LogP contribution in [0.25, 0.3) is 12.2 Å². The summed E-state index contributed by atoms with van der Waals surface area (Å²) in [7, 11) is 0. The van der Waals surface area contributed by atoms with E-state index in [1.54, 1.807) is 17.7 Å². The Morgan fingerprint density at radius 2 is 2.42 bits per heavy atom. The predicted molar refractivity (Wildman–Crippen MR) is 49.6 cm³/mol. The van der Waals surface area contributed by atoms with Gasteiger partial charge < -0.3 is 4.98 Å². The molecule has 0 atom stereocenters. The largest absolute Gasteiger partial charge is 0.328 e. The molecule has 0 unspecified atom stereocenters. The van der Waals surface area contributed by atoms with Crippen LogP contribution in [0.5, 0.6) is 0 Å². The maximum absolute atomic E-state index is 3.83. The van der Waals surface area contributed by atoms with E-state index in [0.717, 1.165) is 5.82 Å². The number of hydrogen-bond acceptors (Lipinski definition) is 3. The molecular formula is C8H7N3S. The Morgan fingerprint density at radius 1 is 1.42 bits per heavy atom. The summed E-state index contributed by atoms with van der Waals surface area (Å²) in [6.07, 6.45) is 5.47. The number of nitrogens with one attached hydrogen (secondary N) is 1. The van der Waals surface area contributed by atoms with E-state index in [1.165, 1.54) is 4.88 Å². The standard InChI is InChI=1S/C8H7N3S/c1-2-7(12-5-1)3-4-8-9-6-10-11-8/h1-6H,(H,9,10,11)/b4-3+. The zero-order valence-corrected chi connectivity index (χ0v) is 7.08. The summed E-state index contributed by atoms with van der Waals surface area (Å²) in [4.78, 5) is 4.11. The van der Waals surface area contributed by atoms with Crippen molar-refractivity contribution in [3.05, 3.63) is 34.5 Å². The number of nitrogens with zero attached hydrogens (tertiary/aromatic N) is 2. The molecule has 12 heavy (non-hydrogen) atoms. The molecule has 0 aliphatic rings. The van der Waals surface area contributed by atoms with Gasteiger partial charge in [-0.3, -0.25) is 0 Å². The fraction of sp³-hybridized carbons (Fsp3) is 0. The highest BCUT2D eigenvalue weighted by atomic mass is 32.1. The molecule has 2 aromatic heterocycles. The lowest BCUT2D eigenvalue weighted by atomic mass is 10.4. The number of thiophene rings is 1. The average molecular weight is 177 g/mol. The van der Waals surface area contributed by atoms with Gasteiger partial charge in [-0.05, 0) is 23.6 Å². The van der Waals surface area contributed by atoms with Crippen LogP contribution < -0.4 is 0 Å². The van der Waals surface area contributed by atoms with Gasteiger partial charge in [0.15, 0.2) is 5.82 Å². The molecule has 0 amide bonds. The first kappa shape index (κ1) is 7.24. The van der Waals surface area contributed by atoms with Gasteiger partial charge in [-0.25, -0.2) is 0 Å². The van der Waals surface area contributed by atoms with Gasteiger partial charge in [-0.1, -0.05) is 6.07 Å². The van der Waals surface area contributed by atoms with E-state index in [9.17, 15) is 0 Å². The van der Waals surface area contributed by atoms with E-state index in [4.69, 9.17) is 0 Å². The molecule has 0 bridgehead atoms. The van der Waals surface area contributed by atoms with Gasteiger partial charge in [-0.15, -0.1) is 21.5 Å². The van der Waals surface area contributed by atoms with Crippen molar-refractivity contribution in [1.29, 1.82) is 0 Å². The SMILES string of the molecule is C(=C\c1cccs1)/c1nnc[nH]1. The van der Waals surface area contributed by atoms with E-state index in [1.807, 2.05) is 23.6 Å². The first-order valence-corrected chi connectivity index (χ1v) is 4.41. The zero-order chi connectivity index (χ0) is 8.23. The van der Waals surface area contributed by atoms with Gasteiger partial charge in [0.2, 0.25) is 0 Å². The molecular weight excluding hydrogens is 170 g/mol. The maximum Gasteiger partial charge on any atom is 0.153 e. The minimum atomic E-state index is 0.781. The van der Waals surface area contributed by atoms with Crippen LogP contribution in [-0.2, 0) is 0 Å². The fourth-order valence-corrected chi connectivity index (χ4v) is 1.46. The van der Waals surface area contributed by atoms with E-state index in [-0.39, 0.29) is 0 Å². The van der Waals surface area contributed by atoms with Crippen LogP contribution in [0.2, 0.25) is 0 Å². The van der Waals surface area contributed by atoms with Crippen molar-refractivity contribution in [3.63, 3.8) is 0 Å². The summed E-state index contributed by atoms with van der Waals surface area (Å²) in [6, 6.07) is 4.07. The number of aromatic nitrogens is 3. The van der Waals surface area contributed by atoms with Gasteiger partial charge in [0.25, 0.3) is 0 Å². The van der Waals surface area contributed by atoms with Gasteiger partial charge in [0, 0.05) is 4.88 Å². The van der Waals surface area contributed by atoms with Crippen molar-refractivity contribution >= 4 is 23.5 Å². The van der Waals surface area contributed by atoms with Crippen LogP contribution in [0.15, 0.2) is 23.8 Å². The Morgan fingerprint density at radius 3 is 3.08 bits per heavy atom. The quantitative estimate of drug-likeness (QED) is 0.762. The lowest BCUT2D eigenvalue weighted by Crippen LogP contribution is -1.72. The predicted octanol–water partition coefficient (Wildman–Crippen LogP) is 2.04. The first-order chi connectivity index (χ1) is 5.95. The highest BCUT2D eigenvalue weighted by Gasteiger charge is 1.88. The molecule has 0 aliphatic carbocycles. The van der Waals surface area contributed by atoms with Crippen LogP contribution in [0.4, 0.5) is 0 Å². The molecule has 0 fully saturated rings.